The smallest absolute Gasteiger partial charge is 0.303 e. The predicted octanol–water partition coefficient (Wildman–Crippen LogP) is 6.10. The summed E-state index contributed by atoms with van der Waals surface area (Å²) in [4.78, 5) is 10.3. The summed E-state index contributed by atoms with van der Waals surface area (Å²) in [5, 5.41) is 18.1. The molecule has 0 spiro atoms. The number of carboxylic acid groups (broad SMARTS) is 1. The van der Waals surface area contributed by atoms with Crippen LogP contribution in [-0.4, -0.2) is 16.2 Å². The van der Waals surface area contributed by atoms with Crippen LogP contribution in [0.5, 0.6) is 0 Å². The predicted molar refractivity (Wildman–Crippen MR) is 97.6 cm³/mol. The van der Waals surface area contributed by atoms with Crippen LogP contribution < -0.4 is 0 Å². The van der Waals surface area contributed by atoms with E-state index in [0.717, 1.165) is 12.8 Å². The lowest BCUT2D eigenvalue weighted by molar-refractivity contribution is -0.137. The molecule has 0 aromatic carbocycles. The summed E-state index contributed by atoms with van der Waals surface area (Å²) in [6, 6.07) is 0. The highest BCUT2D eigenvalue weighted by molar-refractivity contribution is 5.66. The number of allylic oxidation sites excluding steroid dienone is 7. The van der Waals surface area contributed by atoms with Gasteiger partial charge in [-0.1, -0.05) is 56.2 Å². The molecular formula is C20H32O3. The molecule has 0 radical (unpaired) electrons. The van der Waals surface area contributed by atoms with E-state index in [4.69, 9.17) is 5.11 Å². The first-order chi connectivity index (χ1) is 11.2. The molecule has 0 aromatic heterocycles. The lowest BCUT2D eigenvalue weighted by atomic mass is 10.2. The van der Waals surface area contributed by atoms with E-state index in [0.29, 0.717) is 25.0 Å². The van der Waals surface area contributed by atoms with Crippen LogP contribution in [0.1, 0.15) is 71.1 Å². The van der Waals surface area contributed by atoms with Crippen LogP contribution in [0.2, 0.25) is 0 Å². The first-order valence-corrected chi connectivity index (χ1v) is 8.71. The molecule has 0 amide bonds. The molecule has 3 heteroatoms. The van der Waals surface area contributed by atoms with Crippen LogP contribution in [0.15, 0.2) is 48.3 Å². The average molecular weight is 320 g/mol. The van der Waals surface area contributed by atoms with E-state index in [2.05, 4.69) is 31.2 Å². The highest BCUT2D eigenvalue weighted by Gasteiger charge is 1.95. The molecule has 0 fully saturated rings. The van der Waals surface area contributed by atoms with Crippen molar-refractivity contribution < 1.29 is 15.0 Å². The zero-order valence-electron chi connectivity index (χ0n) is 14.4. The molecule has 0 saturated heterocycles. The van der Waals surface area contributed by atoms with E-state index in [1.807, 2.05) is 12.2 Å². The molecular weight excluding hydrogens is 288 g/mol. The Morgan fingerprint density at radius 1 is 0.826 bits per heavy atom. The Labute approximate surface area is 141 Å². The van der Waals surface area contributed by atoms with Gasteiger partial charge in [0.1, 0.15) is 0 Å². The van der Waals surface area contributed by atoms with Gasteiger partial charge < -0.3 is 10.2 Å². The van der Waals surface area contributed by atoms with Crippen molar-refractivity contribution in [2.45, 2.75) is 71.1 Å². The van der Waals surface area contributed by atoms with Crippen LogP contribution >= 0.6 is 0 Å². The number of rotatable bonds is 14. The van der Waals surface area contributed by atoms with Gasteiger partial charge in [-0.2, -0.15) is 0 Å². The van der Waals surface area contributed by atoms with Crippen LogP contribution in [0.3, 0.4) is 0 Å². The van der Waals surface area contributed by atoms with Crippen LogP contribution in [0.4, 0.5) is 0 Å². The fourth-order valence-corrected chi connectivity index (χ4v) is 1.98. The van der Waals surface area contributed by atoms with Crippen molar-refractivity contribution in [3.05, 3.63) is 48.3 Å². The fraction of sp³-hybridized carbons (Fsp3) is 0.550. The molecule has 0 aromatic rings. The summed E-state index contributed by atoms with van der Waals surface area (Å²) in [6.45, 7) is 2.22. The van der Waals surface area contributed by atoms with Crippen LogP contribution in [0, 0.1) is 0 Å². The lowest BCUT2D eigenvalue weighted by Crippen LogP contribution is -1.92. The number of carbonyl (C=O) groups is 1. The largest absolute Gasteiger partial charge is 0.512 e. The van der Waals surface area contributed by atoms with Gasteiger partial charge in [0.15, 0.2) is 0 Å². The molecule has 0 atom stereocenters. The molecule has 0 saturated carbocycles. The SMILES string of the molecule is CCCCC/C=C\C/C=C\C/C=C\C/C(O)=C\CCCC(=O)O. The molecule has 0 aliphatic rings. The number of aliphatic carboxylic acids is 1. The number of hydrogen-bond donors (Lipinski definition) is 2. The highest BCUT2D eigenvalue weighted by atomic mass is 16.4. The van der Waals surface area contributed by atoms with Gasteiger partial charge in [-0.15, -0.1) is 0 Å². The molecule has 0 unspecified atom stereocenters. The molecule has 0 aliphatic carbocycles. The van der Waals surface area contributed by atoms with Crippen molar-refractivity contribution in [1.29, 1.82) is 0 Å². The molecule has 0 bridgehead atoms. The third kappa shape index (κ3) is 18.2. The Hall–Kier alpha value is -1.77. The first-order valence-electron chi connectivity index (χ1n) is 8.71. The maximum absolute atomic E-state index is 10.3. The van der Waals surface area contributed by atoms with Crippen molar-refractivity contribution >= 4 is 5.97 Å². The normalized spacial score (nSPS) is 12.8. The second kappa shape index (κ2) is 16.6. The summed E-state index contributed by atoms with van der Waals surface area (Å²) in [5.41, 5.74) is 0. The van der Waals surface area contributed by atoms with E-state index < -0.39 is 5.97 Å². The van der Waals surface area contributed by atoms with Crippen molar-refractivity contribution in [2.75, 3.05) is 0 Å². The topological polar surface area (TPSA) is 57.5 Å². The summed E-state index contributed by atoms with van der Waals surface area (Å²) < 4.78 is 0. The Morgan fingerprint density at radius 3 is 2.13 bits per heavy atom. The lowest BCUT2D eigenvalue weighted by Gasteiger charge is -1.95. The summed E-state index contributed by atoms with van der Waals surface area (Å²) in [5.74, 6) is -0.481. The van der Waals surface area contributed by atoms with Gasteiger partial charge in [0.25, 0.3) is 0 Å². The molecule has 2 N–H and O–H groups in total. The standard InChI is InChI=1S/C20H32O3/c1-2-3-4-5-6-7-8-9-10-11-12-13-16-19(21)17-14-15-18-20(22)23/h6-7,9-10,12-13,17,21H,2-5,8,11,14-16,18H2,1H3,(H,22,23)/b7-6-,10-9-,13-12-,19-17+. The van der Waals surface area contributed by atoms with Gasteiger partial charge in [-0.05, 0) is 44.6 Å². The molecule has 3 nitrogen and oxygen atoms in total. The first kappa shape index (κ1) is 21.2. The Balaban J connectivity index is 3.60. The zero-order chi connectivity index (χ0) is 17.2. The zero-order valence-corrected chi connectivity index (χ0v) is 14.4. The third-order valence-corrected chi connectivity index (χ3v) is 3.32. The third-order valence-electron chi connectivity index (χ3n) is 3.32. The quantitative estimate of drug-likeness (QED) is 0.231. The van der Waals surface area contributed by atoms with Crippen LogP contribution in [-0.2, 0) is 4.79 Å². The minimum Gasteiger partial charge on any atom is -0.512 e. The summed E-state index contributed by atoms with van der Waals surface area (Å²) >= 11 is 0. The minimum atomic E-state index is -0.791. The van der Waals surface area contributed by atoms with E-state index >= 15 is 0 Å². The number of carboxylic acids is 1. The van der Waals surface area contributed by atoms with Gasteiger partial charge in [0, 0.05) is 12.8 Å². The van der Waals surface area contributed by atoms with Crippen molar-refractivity contribution in [3.8, 4) is 0 Å². The molecule has 0 aliphatic heterocycles. The van der Waals surface area contributed by atoms with Crippen molar-refractivity contribution in [1.82, 2.24) is 0 Å². The Bertz CT molecular complexity index is 403. The molecule has 23 heavy (non-hydrogen) atoms. The summed E-state index contributed by atoms with van der Waals surface area (Å²) in [6.07, 6.45) is 23.1. The number of unbranched alkanes of at least 4 members (excludes halogenated alkanes) is 4. The van der Waals surface area contributed by atoms with E-state index in [1.165, 1.54) is 25.7 Å². The van der Waals surface area contributed by atoms with E-state index in [1.54, 1.807) is 6.08 Å². The molecule has 0 heterocycles. The average Bonchev–Trinajstić information content (AvgIpc) is 2.52. The van der Waals surface area contributed by atoms with Crippen molar-refractivity contribution in [2.24, 2.45) is 0 Å². The van der Waals surface area contributed by atoms with E-state index in [9.17, 15) is 9.90 Å². The molecule has 130 valence electrons. The fourth-order valence-electron chi connectivity index (χ4n) is 1.98. The maximum Gasteiger partial charge on any atom is 0.303 e. The number of aliphatic hydroxyl groups excluding tert-OH is 1. The number of aliphatic hydroxyl groups is 1. The van der Waals surface area contributed by atoms with Gasteiger partial charge in [-0.25, -0.2) is 0 Å². The van der Waals surface area contributed by atoms with Gasteiger partial charge >= 0.3 is 5.97 Å². The van der Waals surface area contributed by atoms with Gasteiger partial charge in [0.2, 0.25) is 0 Å². The Kier molecular flexibility index (Phi) is 15.3. The van der Waals surface area contributed by atoms with Crippen molar-refractivity contribution in [3.63, 3.8) is 0 Å². The second-order valence-electron chi connectivity index (χ2n) is 5.57. The van der Waals surface area contributed by atoms with Crippen LogP contribution in [0.25, 0.3) is 0 Å². The maximum atomic E-state index is 10.3. The monoisotopic (exact) mass is 320 g/mol. The van der Waals surface area contributed by atoms with Gasteiger partial charge in [0.05, 0.1) is 5.76 Å². The number of hydrogen-bond acceptors (Lipinski definition) is 2. The molecule has 0 rings (SSSR count). The Morgan fingerprint density at radius 2 is 1.48 bits per heavy atom. The minimum absolute atomic E-state index is 0.150. The highest BCUT2D eigenvalue weighted by Crippen LogP contribution is 2.04. The summed E-state index contributed by atoms with van der Waals surface area (Å²) in [7, 11) is 0. The van der Waals surface area contributed by atoms with E-state index in [-0.39, 0.29) is 6.42 Å². The van der Waals surface area contributed by atoms with Gasteiger partial charge in [-0.3, -0.25) is 4.79 Å². The second-order valence-corrected chi connectivity index (χ2v) is 5.57.